The Kier molecular flexibility index (Phi) is 6.55. The second-order valence-corrected chi connectivity index (χ2v) is 8.18. The van der Waals surface area contributed by atoms with Gasteiger partial charge in [-0.25, -0.2) is 4.79 Å². The maximum Gasteiger partial charge on any atom is 0.409 e. The minimum Gasteiger partial charge on any atom is -0.493 e. The first-order valence-electron chi connectivity index (χ1n) is 10.3. The SMILES string of the molecule is CN/N=C(\C)[C@@]1(C)CN(C(=O)OC)C[C@@H]1c1ccc(OC)c(OC2CCCC2)c1. The standard InChI is InChI=1S/C22H33N3O4/c1-15(24-23-3)22(2)14-25(21(26)28-5)13-18(22)16-10-11-19(27-4)20(12-16)29-17-8-6-7-9-17/h10-12,17-18,23H,6-9,13-14H2,1-5H3/b24-15+/t18-,22-/m1/s1. The summed E-state index contributed by atoms with van der Waals surface area (Å²) < 4.78 is 16.8. The lowest BCUT2D eigenvalue weighted by Gasteiger charge is -2.31. The van der Waals surface area contributed by atoms with Crippen LogP contribution in [-0.4, -0.2) is 57.2 Å². The maximum absolute atomic E-state index is 12.3. The van der Waals surface area contributed by atoms with Gasteiger partial charge in [-0.3, -0.25) is 0 Å². The second kappa shape index (κ2) is 8.93. The third kappa shape index (κ3) is 4.28. The van der Waals surface area contributed by atoms with E-state index in [1.807, 2.05) is 13.0 Å². The van der Waals surface area contributed by atoms with Gasteiger partial charge >= 0.3 is 6.09 Å². The van der Waals surface area contributed by atoms with Crippen molar-refractivity contribution >= 4 is 11.8 Å². The van der Waals surface area contributed by atoms with Crippen molar-refractivity contribution in [1.82, 2.24) is 10.3 Å². The molecule has 1 saturated heterocycles. The van der Waals surface area contributed by atoms with Crippen LogP contribution in [0.2, 0.25) is 0 Å². The van der Waals surface area contributed by atoms with Crippen LogP contribution in [0.15, 0.2) is 23.3 Å². The Morgan fingerprint density at radius 1 is 1.24 bits per heavy atom. The van der Waals surface area contributed by atoms with Crippen molar-refractivity contribution in [2.75, 3.05) is 34.4 Å². The summed E-state index contributed by atoms with van der Waals surface area (Å²) in [5.41, 5.74) is 4.62. The first-order chi connectivity index (χ1) is 13.9. The van der Waals surface area contributed by atoms with Crippen molar-refractivity contribution in [1.29, 1.82) is 0 Å². The number of ether oxygens (including phenoxy) is 3. The smallest absolute Gasteiger partial charge is 0.409 e. The average molecular weight is 404 g/mol. The van der Waals surface area contributed by atoms with Crippen LogP contribution in [0.1, 0.15) is 51.0 Å². The van der Waals surface area contributed by atoms with Gasteiger partial charge in [0, 0.05) is 37.2 Å². The van der Waals surface area contributed by atoms with E-state index in [4.69, 9.17) is 14.2 Å². The summed E-state index contributed by atoms with van der Waals surface area (Å²) >= 11 is 0. The molecule has 2 atom stereocenters. The monoisotopic (exact) mass is 403 g/mol. The van der Waals surface area contributed by atoms with Gasteiger partial charge in [0.15, 0.2) is 11.5 Å². The Morgan fingerprint density at radius 2 is 1.97 bits per heavy atom. The molecular weight excluding hydrogens is 370 g/mol. The van der Waals surface area contributed by atoms with Crippen LogP contribution in [0.5, 0.6) is 11.5 Å². The molecule has 1 heterocycles. The Hall–Kier alpha value is -2.44. The summed E-state index contributed by atoms with van der Waals surface area (Å²) in [6.45, 7) is 5.27. The summed E-state index contributed by atoms with van der Waals surface area (Å²) in [7, 11) is 4.87. The molecule has 3 rings (SSSR count). The number of likely N-dealkylation sites (tertiary alicyclic amines) is 1. The largest absolute Gasteiger partial charge is 0.493 e. The highest BCUT2D eigenvalue weighted by atomic mass is 16.5. The van der Waals surface area contributed by atoms with Crippen LogP contribution < -0.4 is 14.9 Å². The molecule has 1 aliphatic heterocycles. The maximum atomic E-state index is 12.3. The summed E-state index contributed by atoms with van der Waals surface area (Å²) in [4.78, 5) is 14.0. The van der Waals surface area contributed by atoms with Gasteiger partial charge in [-0.05, 0) is 50.3 Å². The molecule has 160 valence electrons. The van der Waals surface area contributed by atoms with Gasteiger partial charge < -0.3 is 24.5 Å². The molecule has 2 aliphatic rings. The highest BCUT2D eigenvalue weighted by Gasteiger charge is 2.48. The molecule has 7 nitrogen and oxygen atoms in total. The predicted molar refractivity (Wildman–Crippen MR) is 113 cm³/mol. The Labute approximate surface area is 173 Å². The summed E-state index contributed by atoms with van der Waals surface area (Å²) in [6.07, 6.45) is 4.51. The lowest BCUT2D eigenvalue weighted by atomic mass is 9.73. The summed E-state index contributed by atoms with van der Waals surface area (Å²) in [5, 5.41) is 4.44. The predicted octanol–water partition coefficient (Wildman–Crippen LogP) is 3.78. The first-order valence-corrected chi connectivity index (χ1v) is 10.3. The molecule has 29 heavy (non-hydrogen) atoms. The van der Waals surface area contributed by atoms with Crippen molar-refractivity contribution in [3.63, 3.8) is 0 Å². The molecule has 1 aromatic carbocycles. The number of amides is 1. The first kappa shape index (κ1) is 21.3. The van der Waals surface area contributed by atoms with E-state index >= 15 is 0 Å². The van der Waals surface area contributed by atoms with Crippen molar-refractivity contribution in [2.24, 2.45) is 10.5 Å². The number of nitrogens with one attached hydrogen (secondary N) is 1. The quantitative estimate of drug-likeness (QED) is 0.578. The molecular formula is C22H33N3O4. The van der Waals surface area contributed by atoms with Crippen LogP contribution >= 0.6 is 0 Å². The van der Waals surface area contributed by atoms with Crippen molar-refractivity contribution in [3.8, 4) is 11.5 Å². The van der Waals surface area contributed by atoms with Gasteiger partial charge in [-0.2, -0.15) is 5.10 Å². The third-order valence-electron chi connectivity index (χ3n) is 6.42. The molecule has 0 bridgehead atoms. The van der Waals surface area contributed by atoms with Crippen molar-refractivity contribution in [3.05, 3.63) is 23.8 Å². The fourth-order valence-electron chi connectivity index (χ4n) is 4.58. The van der Waals surface area contributed by atoms with Gasteiger partial charge in [0.25, 0.3) is 0 Å². The van der Waals surface area contributed by atoms with Gasteiger partial charge in [0.2, 0.25) is 0 Å². The highest BCUT2D eigenvalue weighted by molar-refractivity contribution is 5.90. The van der Waals surface area contributed by atoms with Crippen LogP contribution in [0.3, 0.4) is 0 Å². The van der Waals surface area contributed by atoms with E-state index in [0.29, 0.717) is 13.1 Å². The zero-order valence-corrected chi connectivity index (χ0v) is 18.2. The topological polar surface area (TPSA) is 72.4 Å². The van der Waals surface area contributed by atoms with Gasteiger partial charge in [0.05, 0.1) is 20.3 Å². The van der Waals surface area contributed by atoms with Crippen LogP contribution in [0, 0.1) is 5.41 Å². The number of carbonyl (C=O) groups excluding carboxylic acids is 1. The zero-order valence-electron chi connectivity index (χ0n) is 18.2. The molecule has 0 spiro atoms. The number of nitrogens with zero attached hydrogens (tertiary/aromatic N) is 2. The number of rotatable bonds is 6. The number of methoxy groups -OCH3 is 2. The van der Waals surface area contributed by atoms with E-state index in [9.17, 15) is 4.79 Å². The van der Waals surface area contributed by atoms with E-state index in [1.165, 1.54) is 20.0 Å². The van der Waals surface area contributed by atoms with E-state index in [0.717, 1.165) is 35.6 Å². The second-order valence-electron chi connectivity index (χ2n) is 8.18. The molecule has 2 fully saturated rings. The minimum absolute atomic E-state index is 0.0653. The van der Waals surface area contributed by atoms with Gasteiger partial charge in [-0.15, -0.1) is 0 Å². The van der Waals surface area contributed by atoms with Gasteiger partial charge in [-0.1, -0.05) is 13.0 Å². The number of hydrazone groups is 1. The highest BCUT2D eigenvalue weighted by Crippen LogP contribution is 2.46. The van der Waals surface area contributed by atoms with Gasteiger partial charge in [0.1, 0.15) is 0 Å². The van der Waals surface area contributed by atoms with E-state index in [-0.39, 0.29) is 23.5 Å². The lowest BCUT2D eigenvalue weighted by Crippen LogP contribution is -2.36. The molecule has 7 heteroatoms. The van der Waals surface area contributed by atoms with E-state index in [2.05, 4.69) is 29.6 Å². The summed E-state index contributed by atoms with van der Waals surface area (Å²) in [5.74, 6) is 1.58. The summed E-state index contributed by atoms with van der Waals surface area (Å²) in [6, 6.07) is 6.11. The number of benzene rings is 1. The molecule has 1 aliphatic carbocycles. The Balaban J connectivity index is 1.96. The molecule has 1 aromatic rings. The van der Waals surface area contributed by atoms with Crippen LogP contribution in [-0.2, 0) is 4.74 Å². The van der Waals surface area contributed by atoms with Crippen molar-refractivity contribution in [2.45, 2.75) is 51.6 Å². The van der Waals surface area contributed by atoms with Crippen LogP contribution in [0.4, 0.5) is 4.79 Å². The van der Waals surface area contributed by atoms with Crippen molar-refractivity contribution < 1.29 is 19.0 Å². The molecule has 1 amide bonds. The molecule has 1 N–H and O–H groups in total. The molecule has 0 unspecified atom stereocenters. The third-order valence-corrected chi connectivity index (χ3v) is 6.42. The molecule has 1 saturated carbocycles. The number of carbonyl (C=O) groups is 1. The molecule has 0 radical (unpaired) electrons. The van der Waals surface area contributed by atoms with E-state index < -0.39 is 0 Å². The lowest BCUT2D eigenvalue weighted by molar-refractivity contribution is 0.130. The normalized spacial score (nSPS) is 25.2. The Morgan fingerprint density at radius 3 is 2.59 bits per heavy atom. The minimum atomic E-state index is -0.323. The van der Waals surface area contributed by atoms with E-state index in [1.54, 1.807) is 19.1 Å². The fourth-order valence-corrected chi connectivity index (χ4v) is 4.58. The fraction of sp³-hybridized carbons (Fsp3) is 0.636. The number of hydrogen-bond donors (Lipinski definition) is 1. The Bertz CT molecular complexity index is 760. The zero-order chi connectivity index (χ0) is 21.0. The average Bonchev–Trinajstić information content (AvgIpc) is 3.36. The number of hydrogen-bond acceptors (Lipinski definition) is 6. The van der Waals surface area contributed by atoms with Crippen LogP contribution in [0.25, 0.3) is 0 Å². The molecule has 0 aromatic heterocycles.